The van der Waals surface area contributed by atoms with Crippen LogP contribution in [0.2, 0.25) is 0 Å². The highest BCUT2D eigenvalue weighted by Gasteiger charge is 2.24. The minimum atomic E-state index is 0.641. The zero-order valence-electron chi connectivity index (χ0n) is 27.5. The molecule has 0 aromatic carbocycles. The minimum absolute atomic E-state index is 0.641. The van der Waals surface area contributed by atoms with Gasteiger partial charge in [0.25, 0.3) is 0 Å². The molecule has 0 aromatic rings. The van der Waals surface area contributed by atoms with Gasteiger partial charge in [0, 0.05) is 25.5 Å². The lowest BCUT2D eigenvalue weighted by molar-refractivity contribution is 0.135. The summed E-state index contributed by atoms with van der Waals surface area (Å²) >= 11 is 0. The average Bonchev–Trinajstić information content (AvgIpc) is 3.33. The number of hydrogen-bond acceptors (Lipinski definition) is 2. The van der Waals surface area contributed by atoms with Crippen LogP contribution in [0.3, 0.4) is 0 Å². The monoisotopic (exact) mass is 547 g/mol. The van der Waals surface area contributed by atoms with Crippen molar-refractivity contribution in [3.63, 3.8) is 0 Å². The Morgan fingerprint density at radius 2 is 0.590 bits per heavy atom. The lowest BCUT2D eigenvalue weighted by atomic mass is 10.0. The highest BCUT2D eigenvalue weighted by atomic mass is 15.4. The predicted molar refractivity (Wildman–Crippen MR) is 177 cm³/mol. The van der Waals surface area contributed by atoms with Gasteiger partial charge in [0.1, 0.15) is 6.17 Å². The van der Waals surface area contributed by atoms with Crippen molar-refractivity contribution in [3.8, 4) is 0 Å². The van der Waals surface area contributed by atoms with Crippen LogP contribution in [0.15, 0.2) is 12.4 Å². The summed E-state index contributed by atoms with van der Waals surface area (Å²) in [6.45, 7) is 9.46. The molecule has 0 saturated carbocycles. The van der Waals surface area contributed by atoms with Crippen molar-refractivity contribution in [3.05, 3.63) is 12.4 Å². The first-order chi connectivity index (χ1) is 19.3. The van der Waals surface area contributed by atoms with E-state index in [2.05, 4.69) is 43.0 Å². The second kappa shape index (κ2) is 28.9. The molecule has 0 spiro atoms. The molecule has 0 N–H and O–H groups in total. The molecular weight excluding hydrogens is 472 g/mol. The van der Waals surface area contributed by atoms with Gasteiger partial charge < -0.3 is 9.80 Å². The zero-order valence-corrected chi connectivity index (χ0v) is 27.5. The molecule has 39 heavy (non-hydrogen) atoms. The van der Waals surface area contributed by atoms with E-state index in [0.717, 1.165) is 0 Å². The van der Waals surface area contributed by atoms with E-state index in [1.807, 2.05) is 0 Å². The van der Waals surface area contributed by atoms with Gasteiger partial charge in [-0.25, -0.2) is 0 Å². The van der Waals surface area contributed by atoms with Crippen molar-refractivity contribution >= 4 is 0 Å². The summed E-state index contributed by atoms with van der Waals surface area (Å²) in [6, 6.07) is 0. The van der Waals surface area contributed by atoms with Crippen LogP contribution in [0.4, 0.5) is 0 Å². The van der Waals surface area contributed by atoms with Crippen LogP contribution in [0.25, 0.3) is 0 Å². The first-order valence-corrected chi connectivity index (χ1v) is 18.5. The Kier molecular flexibility index (Phi) is 26.9. The van der Waals surface area contributed by atoms with Gasteiger partial charge >= 0.3 is 0 Å². The molecule has 0 radical (unpaired) electrons. The fourth-order valence-corrected chi connectivity index (χ4v) is 6.36. The van der Waals surface area contributed by atoms with E-state index in [1.165, 1.54) is 199 Å². The quantitative estimate of drug-likeness (QED) is 0.0798. The Morgan fingerprint density at radius 3 is 0.949 bits per heavy atom. The van der Waals surface area contributed by atoms with E-state index < -0.39 is 0 Å². The van der Waals surface area contributed by atoms with Crippen molar-refractivity contribution in [2.75, 3.05) is 13.1 Å². The summed E-state index contributed by atoms with van der Waals surface area (Å²) in [5.41, 5.74) is 0. The van der Waals surface area contributed by atoms with Crippen LogP contribution in [-0.4, -0.2) is 29.1 Å². The number of hydrogen-bond donors (Lipinski definition) is 0. The third-order valence-corrected chi connectivity index (χ3v) is 9.07. The van der Waals surface area contributed by atoms with Crippen LogP contribution in [0, 0.1) is 0 Å². The van der Waals surface area contributed by atoms with Crippen molar-refractivity contribution in [2.45, 2.75) is 213 Å². The van der Waals surface area contributed by atoms with Gasteiger partial charge in [0.05, 0.1) is 0 Å². The summed E-state index contributed by atoms with van der Waals surface area (Å²) in [6.07, 6.45) is 47.0. The molecular formula is C37H74N2. The van der Waals surface area contributed by atoms with Crippen LogP contribution < -0.4 is 0 Å². The molecule has 1 heterocycles. The Balaban J connectivity index is 2.09. The second-order valence-corrected chi connectivity index (χ2v) is 12.9. The van der Waals surface area contributed by atoms with E-state index in [-0.39, 0.29) is 0 Å². The van der Waals surface area contributed by atoms with Crippen molar-refractivity contribution < 1.29 is 0 Å². The molecule has 1 atom stereocenters. The molecule has 2 nitrogen and oxygen atoms in total. The minimum Gasteiger partial charge on any atom is -0.356 e. The highest BCUT2D eigenvalue weighted by Crippen LogP contribution is 2.24. The molecule has 0 aromatic heterocycles. The molecule has 1 aliphatic rings. The van der Waals surface area contributed by atoms with E-state index in [9.17, 15) is 0 Å². The summed E-state index contributed by atoms with van der Waals surface area (Å²) in [5, 5.41) is 0. The summed E-state index contributed by atoms with van der Waals surface area (Å²) < 4.78 is 0. The van der Waals surface area contributed by atoms with Gasteiger partial charge in [-0.3, -0.25) is 0 Å². The van der Waals surface area contributed by atoms with Crippen molar-refractivity contribution in [2.24, 2.45) is 0 Å². The van der Waals surface area contributed by atoms with Crippen LogP contribution in [0.5, 0.6) is 0 Å². The molecule has 2 heteroatoms. The molecule has 0 saturated heterocycles. The molecule has 1 unspecified atom stereocenters. The zero-order chi connectivity index (χ0) is 28.1. The standard InChI is InChI=1S/C37H74N2/c1-4-7-10-12-14-16-18-19-20-22-24-26-28-31-34-39-36-35-38(33-30-9-6-3)37(39)32-29-27-25-23-21-17-15-13-11-8-5-2/h35-37H,4-34H2,1-3H3. The van der Waals surface area contributed by atoms with Gasteiger partial charge in [-0.2, -0.15) is 0 Å². The first-order valence-electron chi connectivity index (χ1n) is 18.5. The lowest BCUT2D eigenvalue weighted by Crippen LogP contribution is -2.39. The SMILES string of the molecule is CCCCCCCCCCCCCCCCN1C=CN(CCCCC)C1CCCCCCCCCCCCC. The Labute approximate surface area is 248 Å². The molecule has 1 aliphatic heterocycles. The topological polar surface area (TPSA) is 6.48 Å². The van der Waals surface area contributed by atoms with Crippen LogP contribution in [0.1, 0.15) is 207 Å². The van der Waals surface area contributed by atoms with Crippen molar-refractivity contribution in [1.29, 1.82) is 0 Å². The van der Waals surface area contributed by atoms with Crippen LogP contribution >= 0.6 is 0 Å². The van der Waals surface area contributed by atoms with E-state index in [1.54, 1.807) is 0 Å². The molecule has 0 aliphatic carbocycles. The third-order valence-electron chi connectivity index (χ3n) is 9.07. The van der Waals surface area contributed by atoms with E-state index in [4.69, 9.17) is 0 Å². The molecule has 0 amide bonds. The summed E-state index contributed by atoms with van der Waals surface area (Å²) in [4.78, 5) is 5.37. The molecule has 0 fully saturated rings. The van der Waals surface area contributed by atoms with Gasteiger partial charge in [0.15, 0.2) is 0 Å². The Morgan fingerprint density at radius 1 is 0.333 bits per heavy atom. The third kappa shape index (κ3) is 21.7. The maximum absolute atomic E-state index is 2.70. The fraction of sp³-hybridized carbons (Fsp3) is 0.946. The summed E-state index contributed by atoms with van der Waals surface area (Å²) in [5.74, 6) is 0. The average molecular weight is 547 g/mol. The molecule has 0 bridgehead atoms. The maximum atomic E-state index is 2.70. The van der Waals surface area contributed by atoms with Gasteiger partial charge in [-0.1, -0.05) is 181 Å². The first kappa shape index (κ1) is 36.4. The van der Waals surface area contributed by atoms with Gasteiger partial charge in [-0.05, 0) is 25.7 Å². The number of nitrogens with zero attached hydrogens (tertiary/aromatic N) is 2. The highest BCUT2D eigenvalue weighted by molar-refractivity contribution is 4.97. The smallest absolute Gasteiger partial charge is 0.101 e. The van der Waals surface area contributed by atoms with Gasteiger partial charge in [0.2, 0.25) is 0 Å². The maximum Gasteiger partial charge on any atom is 0.101 e. The number of unbranched alkanes of at least 4 members (excludes halogenated alkanes) is 25. The van der Waals surface area contributed by atoms with E-state index >= 15 is 0 Å². The Hall–Kier alpha value is -0.660. The normalized spacial score (nSPS) is 15.2. The van der Waals surface area contributed by atoms with Crippen LogP contribution in [-0.2, 0) is 0 Å². The molecule has 232 valence electrons. The van der Waals surface area contributed by atoms with Crippen molar-refractivity contribution in [1.82, 2.24) is 9.80 Å². The van der Waals surface area contributed by atoms with Gasteiger partial charge in [-0.15, -0.1) is 0 Å². The predicted octanol–water partition coefficient (Wildman–Crippen LogP) is 12.8. The largest absolute Gasteiger partial charge is 0.356 e. The number of rotatable bonds is 31. The Bertz CT molecular complexity index is 502. The van der Waals surface area contributed by atoms with E-state index in [0.29, 0.717) is 6.17 Å². The molecule has 1 rings (SSSR count). The second-order valence-electron chi connectivity index (χ2n) is 12.9. The summed E-state index contributed by atoms with van der Waals surface area (Å²) in [7, 11) is 0. The fourth-order valence-electron chi connectivity index (χ4n) is 6.36. The lowest BCUT2D eigenvalue weighted by Gasteiger charge is -2.33.